The maximum Gasteiger partial charge on any atom is 0.246 e. The monoisotopic (exact) mass is 417 g/mol. The summed E-state index contributed by atoms with van der Waals surface area (Å²) in [6.07, 6.45) is -0.643. The van der Waals surface area contributed by atoms with Gasteiger partial charge in [0.1, 0.15) is 4.90 Å². The van der Waals surface area contributed by atoms with Crippen molar-refractivity contribution in [3.05, 3.63) is 26.7 Å². The lowest BCUT2D eigenvalue weighted by Crippen LogP contribution is -2.30. The van der Waals surface area contributed by atoms with E-state index in [1.807, 2.05) is 0 Å². The van der Waals surface area contributed by atoms with Crippen LogP contribution >= 0.6 is 39.1 Å². The van der Waals surface area contributed by atoms with Crippen LogP contribution < -0.4 is 0 Å². The molecule has 1 aromatic rings. The van der Waals surface area contributed by atoms with Gasteiger partial charge in [-0.05, 0) is 12.1 Å². The predicted octanol–water partition coefficient (Wildman–Crippen LogP) is 2.79. The molecule has 0 bridgehead atoms. The smallest absolute Gasteiger partial charge is 0.246 e. The summed E-state index contributed by atoms with van der Waals surface area (Å²) in [5, 5.41) is 0.147. The van der Waals surface area contributed by atoms with Gasteiger partial charge in [0.05, 0.1) is 22.3 Å². The van der Waals surface area contributed by atoms with E-state index in [-0.39, 0.29) is 40.2 Å². The molecule has 2 rings (SSSR count). The van der Waals surface area contributed by atoms with Gasteiger partial charge in [-0.3, -0.25) is 0 Å². The van der Waals surface area contributed by atoms with E-state index in [0.717, 1.165) is 0 Å². The Hall–Kier alpha value is 0.110. The van der Waals surface area contributed by atoms with Gasteiger partial charge in [-0.2, -0.15) is 4.31 Å². The van der Waals surface area contributed by atoms with Crippen molar-refractivity contribution in [1.29, 1.82) is 0 Å². The fourth-order valence-corrected chi connectivity index (χ4v) is 5.61. The normalized spacial score (nSPS) is 23.7. The van der Waals surface area contributed by atoms with Crippen molar-refractivity contribution in [2.75, 3.05) is 27.3 Å². The zero-order valence-corrected chi connectivity index (χ0v) is 15.3. The highest BCUT2D eigenvalue weighted by Crippen LogP contribution is 2.36. The molecular formula is C12H14BrCl2NO4S. The van der Waals surface area contributed by atoms with Crippen LogP contribution in [-0.2, 0) is 19.5 Å². The van der Waals surface area contributed by atoms with Crippen LogP contribution in [0, 0.1) is 0 Å². The van der Waals surface area contributed by atoms with E-state index in [0.29, 0.717) is 4.47 Å². The van der Waals surface area contributed by atoms with E-state index in [2.05, 4.69) is 15.9 Å². The maximum absolute atomic E-state index is 12.7. The van der Waals surface area contributed by atoms with Crippen LogP contribution in [0.3, 0.4) is 0 Å². The Kier molecular flexibility index (Phi) is 5.57. The number of halogens is 3. The molecule has 118 valence electrons. The minimum atomic E-state index is -3.81. The fraction of sp³-hybridized carbons (Fsp3) is 0.500. The first kappa shape index (κ1) is 17.5. The first-order valence-electron chi connectivity index (χ1n) is 6.01. The summed E-state index contributed by atoms with van der Waals surface area (Å²) in [4.78, 5) is -0.0966. The highest BCUT2D eigenvalue weighted by atomic mass is 79.9. The molecule has 9 heteroatoms. The van der Waals surface area contributed by atoms with Crippen LogP contribution in [-0.4, -0.2) is 52.2 Å². The number of hydrogen-bond acceptors (Lipinski definition) is 4. The molecule has 0 radical (unpaired) electrons. The van der Waals surface area contributed by atoms with Gasteiger partial charge in [-0.1, -0.05) is 39.1 Å². The van der Waals surface area contributed by atoms with E-state index in [1.165, 1.54) is 30.7 Å². The van der Waals surface area contributed by atoms with Crippen LogP contribution in [0.15, 0.2) is 21.5 Å². The van der Waals surface area contributed by atoms with Crippen molar-refractivity contribution in [1.82, 2.24) is 4.31 Å². The summed E-state index contributed by atoms with van der Waals surface area (Å²) in [5.74, 6) is 0. The third-order valence-electron chi connectivity index (χ3n) is 3.35. The van der Waals surface area contributed by atoms with E-state index >= 15 is 0 Å². The zero-order valence-electron chi connectivity index (χ0n) is 11.3. The number of benzene rings is 1. The first-order valence-corrected chi connectivity index (χ1v) is 9.00. The molecule has 0 N–H and O–H groups in total. The molecule has 1 fully saturated rings. The third-order valence-corrected chi connectivity index (χ3v) is 6.56. The number of nitrogens with zero attached hydrogens (tertiary/aromatic N) is 1. The molecule has 1 aromatic carbocycles. The Morgan fingerprint density at radius 3 is 1.95 bits per heavy atom. The average Bonchev–Trinajstić information content (AvgIpc) is 2.80. The Bertz CT molecular complexity index is 605. The third kappa shape index (κ3) is 3.39. The molecule has 0 aromatic heterocycles. The lowest BCUT2D eigenvalue weighted by atomic mass is 10.3. The lowest BCUT2D eigenvalue weighted by Gasteiger charge is -2.18. The highest BCUT2D eigenvalue weighted by molar-refractivity contribution is 9.10. The van der Waals surface area contributed by atoms with Crippen molar-refractivity contribution in [3.8, 4) is 0 Å². The second kappa shape index (κ2) is 6.70. The van der Waals surface area contributed by atoms with Crippen LogP contribution in [0.2, 0.25) is 10.0 Å². The van der Waals surface area contributed by atoms with Crippen molar-refractivity contribution >= 4 is 49.2 Å². The van der Waals surface area contributed by atoms with Crippen molar-refractivity contribution in [2.45, 2.75) is 17.1 Å². The summed E-state index contributed by atoms with van der Waals surface area (Å²) >= 11 is 15.3. The zero-order chi connectivity index (χ0) is 15.8. The molecule has 1 heterocycles. The van der Waals surface area contributed by atoms with Crippen LogP contribution in [0.1, 0.15) is 0 Å². The highest BCUT2D eigenvalue weighted by Gasteiger charge is 2.41. The predicted molar refractivity (Wildman–Crippen MR) is 84.5 cm³/mol. The number of sulfonamides is 1. The molecule has 0 amide bonds. The van der Waals surface area contributed by atoms with Gasteiger partial charge in [0.15, 0.2) is 0 Å². The molecule has 0 saturated carbocycles. The summed E-state index contributed by atoms with van der Waals surface area (Å²) < 4.78 is 37.9. The topological polar surface area (TPSA) is 55.8 Å². The minimum Gasteiger partial charge on any atom is -0.377 e. The molecule has 1 aliphatic rings. The molecule has 1 aliphatic heterocycles. The van der Waals surface area contributed by atoms with Crippen LogP contribution in [0.4, 0.5) is 0 Å². The Morgan fingerprint density at radius 1 is 1.14 bits per heavy atom. The van der Waals surface area contributed by atoms with Gasteiger partial charge in [0.2, 0.25) is 10.0 Å². The van der Waals surface area contributed by atoms with Gasteiger partial charge in [0, 0.05) is 31.8 Å². The standard InChI is InChI=1S/C12H14BrCl2NO4S/c1-19-10-5-16(6-11(10)20-2)21(17,18)12-8(14)3-7(13)4-9(12)15/h3-4,10-11H,5-6H2,1-2H3. The summed E-state index contributed by atoms with van der Waals surface area (Å²) in [6, 6.07) is 3.00. The second-order valence-electron chi connectivity index (χ2n) is 4.57. The first-order chi connectivity index (χ1) is 9.81. The molecule has 1 saturated heterocycles. The Morgan fingerprint density at radius 2 is 1.57 bits per heavy atom. The molecule has 2 unspecified atom stereocenters. The number of hydrogen-bond donors (Lipinski definition) is 0. The average molecular weight is 419 g/mol. The minimum absolute atomic E-state index is 0.0733. The van der Waals surface area contributed by atoms with Gasteiger partial charge >= 0.3 is 0 Å². The van der Waals surface area contributed by atoms with Crippen molar-refractivity contribution < 1.29 is 17.9 Å². The second-order valence-corrected chi connectivity index (χ2v) is 8.17. The Labute approximate surface area is 142 Å². The van der Waals surface area contributed by atoms with Crippen LogP contribution in [0.25, 0.3) is 0 Å². The van der Waals surface area contributed by atoms with Crippen LogP contribution in [0.5, 0.6) is 0 Å². The molecule has 0 spiro atoms. The maximum atomic E-state index is 12.7. The molecule has 21 heavy (non-hydrogen) atoms. The van der Waals surface area contributed by atoms with E-state index in [9.17, 15) is 8.42 Å². The van der Waals surface area contributed by atoms with Crippen molar-refractivity contribution in [2.24, 2.45) is 0 Å². The quantitative estimate of drug-likeness (QED) is 0.754. The number of methoxy groups -OCH3 is 2. The van der Waals surface area contributed by atoms with E-state index < -0.39 is 10.0 Å². The van der Waals surface area contributed by atoms with Gasteiger partial charge in [-0.25, -0.2) is 8.42 Å². The molecule has 5 nitrogen and oxygen atoms in total. The van der Waals surface area contributed by atoms with E-state index in [1.54, 1.807) is 0 Å². The summed E-state index contributed by atoms with van der Waals surface area (Å²) in [6.45, 7) is 0.389. The Balaban J connectivity index is 2.40. The fourth-order valence-electron chi connectivity index (χ4n) is 2.26. The SMILES string of the molecule is COC1CN(S(=O)(=O)c2c(Cl)cc(Br)cc2Cl)CC1OC. The summed E-state index contributed by atoms with van der Waals surface area (Å²) in [5.41, 5.74) is 0. The van der Waals surface area contributed by atoms with E-state index in [4.69, 9.17) is 32.7 Å². The summed E-state index contributed by atoms with van der Waals surface area (Å²) in [7, 11) is -0.774. The molecule has 2 atom stereocenters. The van der Waals surface area contributed by atoms with Gasteiger partial charge < -0.3 is 9.47 Å². The molecular weight excluding hydrogens is 405 g/mol. The number of ether oxygens (including phenoxy) is 2. The molecule has 0 aliphatic carbocycles. The van der Waals surface area contributed by atoms with Gasteiger partial charge in [-0.15, -0.1) is 0 Å². The largest absolute Gasteiger partial charge is 0.377 e. The number of rotatable bonds is 4. The van der Waals surface area contributed by atoms with Crippen molar-refractivity contribution in [3.63, 3.8) is 0 Å². The lowest BCUT2D eigenvalue weighted by molar-refractivity contribution is -0.00461. The van der Waals surface area contributed by atoms with Gasteiger partial charge in [0.25, 0.3) is 0 Å².